The SMILES string of the molecule is COC(=O)c1ccc(C(=O)Nc2ccc(NC(=O)C(C)Oc3ccccc3Cl)cc2)cc1. The molecule has 1 atom stereocenters. The van der Waals surface area contributed by atoms with Gasteiger partial charge in [-0.3, -0.25) is 9.59 Å². The highest BCUT2D eigenvalue weighted by Gasteiger charge is 2.16. The molecule has 0 aliphatic heterocycles. The first-order valence-electron chi connectivity index (χ1n) is 9.69. The van der Waals surface area contributed by atoms with Gasteiger partial charge in [-0.1, -0.05) is 23.7 Å². The van der Waals surface area contributed by atoms with E-state index >= 15 is 0 Å². The molecule has 0 aliphatic rings. The van der Waals surface area contributed by atoms with E-state index in [1.54, 1.807) is 55.5 Å². The number of para-hydroxylation sites is 1. The fourth-order valence-corrected chi connectivity index (χ4v) is 2.92. The molecule has 3 aromatic rings. The Bertz CT molecular complexity index is 1110. The fourth-order valence-electron chi connectivity index (χ4n) is 2.74. The van der Waals surface area contributed by atoms with E-state index in [9.17, 15) is 14.4 Å². The van der Waals surface area contributed by atoms with Crippen LogP contribution in [0.15, 0.2) is 72.8 Å². The number of benzene rings is 3. The second-order valence-corrected chi connectivity index (χ2v) is 7.19. The van der Waals surface area contributed by atoms with Gasteiger partial charge in [-0.2, -0.15) is 0 Å². The summed E-state index contributed by atoms with van der Waals surface area (Å²) in [7, 11) is 1.29. The zero-order valence-corrected chi connectivity index (χ0v) is 18.2. The van der Waals surface area contributed by atoms with Crippen molar-refractivity contribution in [1.29, 1.82) is 0 Å². The summed E-state index contributed by atoms with van der Waals surface area (Å²) in [4.78, 5) is 36.3. The highest BCUT2D eigenvalue weighted by molar-refractivity contribution is 6.32. The molecule has 1 unspecified atom stereocenters. The first-order chi connectivity index (χ1) is 15.4. The van der Waals surface area contributed by atoms with Crippen LogP contribution in [0.25, 0.3) is 0 Å². The smallest absolute Gasteiger partial charge is 0.337 e. The number of rotatable bonds is 7. The van der Waals surface area contributed by atoms with E-state index in [2.05, 4.69) is 15.4 Å². The zero-order chi connectivity index (χ0) is 23.1. The monoisotopic (exact) mass is 452 g/mol. The fraction of sp³-hybridized carbons (Fsp3) is 0.125. The summed E-state index contributed by atoms with van der Waals surface area (Å²) in [5.74, 6) is -0.719. The number of methoxy groups -OCH3 is 1. The van der Waals surface area contributed by atoms with E-state index in [4.69, 9.17) is 16.3 Å². The number of carbonyl (C=O) groups is 3. The number of hydrogen-bond acceptors (Lipinski definition) is 5. The van der Waals surface area contributed by atoms with Gasteiger partial charge in [-0.25, -0.2) is 4.79 Å². The van der Waals surface area contributed by atoms with Crippen molar-refractivity contribution in [3.63, 3.8) is 0 Å². The lowest BCUT2D eigenvalue weighted by Gasteiger charge is -2.15. The molecule has 2 N–H and O–H groups in total. The van der Waals surface area contributed by atoms with Crippen molar-refractivity contribution in [2.75, 3.05) is 17.7 Å². The number of anilines is 2. The van der Waals surface area contributed by atoms with E-state index in [-0.39, 0.29) is 11.8 Å². The van der Waals surface area contributed by atoms with Crippen LogP contribution in [0, 0.1) is 0 Å². The Morgan fingerprint density at radius 3 is 1.97 bits per heavy atom. The topological polar surface area (TPSA) is 93.7 Å². The maximum absolute atomic E-state index is 12.4. The number of halogens is 1. The molecule has 164 valence electrons. The maximum Gasteiger partial charge on any atom is 0.337 e. The summed E-state index contributed by atoms with van der Waals surface area (Å²) in [5, 5.41) is 5.93. The van der Waals surface area contributed by atoms with Crippen molar-refractivity contribution in [3.05, 3.63) is 88.9 Å². The first kappa shape index (κ1) is 22.8. The third kappa shape index (κ3) is 5.86. The van der Waals surface area contributed by atoms with Crippen molar-refractivity contribution in [1.82, 2.24) is 0 Å². The van der Waals surface area contributed by atoms with Crippen LogP contribution in [-0.4, -0.2) is 31.0 Å². The Morgan fingerprint density at radius 2 is 1.38 bits per heavy atom. The highest BCUT2D eigenvalue weighted by Crippen LogP contribution is 2.24. The Balaban J connectivity index is 1.56. The van der Waals surface area contributed by atoms with Gasteiger partial charge in [0.15, 0.2) is 6.10 Å². The molecule has 0 bridgehead atoms. The van der Waals surface area contributed by atoms with Crippen LogP contribution in [0.3, 0.4) is 0 Å². The molecule has 0 radical (unpaired) electrons. The van der Waals surface area contributed by atoms with E-state index in [0.717, 1.165) is 0 Å². The van der Waals surface area contributed by atoms with Gasteiger partial charge >= 0.3 is 5.97 Å². The summed E-state index contributed by atoms with van der Waals surface area (Å²) < 4.78 is 10.2. The lowest BCUT2D eigenvalue weighted by atomic mass is 10.1. The predicted octanol–water partition coefficient (Wildman–Crippen LogP) is 4.78. The summed E-state index contributed by atoms with van der Waals surface area (Å²) in [6.07, 6.45) is -0.762. The zero-order valence-electron chi connectivity index (χ0n) is 17.4. The Kier molecular flexibility index (Phi) is 7.46. The minimum absolute atomic E-state index is 0.333. The van der Waals surface area contributed by atoms with Gasteiger partial charge < -0.3 is 20.1 Å². The molecule has 0 aliphatic carbocycles. The van der Waals surface area contributed by atoms with Crippen LogP contribution in [0.5, 0.6) is 5.75 Å². The molecule has 0 spiro atoms. The third-order valence-electron chi connectivity index (χ3n) is 4.49. The minimum atomic E-state index is -0.762. The number of esters is 1. The van der Waals surface area contributed by atoms with Crippen LogP contribution in [-0.2, 0) is 9.53 Å². The predicted molar refractivity (Wildman–Crippen MR) is 122 cm³/mol. The second-order valence-electron chi connectivity index (χ2n) is 6.78. The number of hydrogen-bond donors (Lipinski definition) is 2. The van der Waals surface area contributed by atoms with Crippen molar-refractivity contribution in [3.8, 4) is 5.75 Å². The lowest BCUT2D eigenvalue weighted by Crippen LogP contribution is -2.30. The summed E-state index contributed by atoms with van der Waals surface area (Å²) in [6.45, 7) is 1.62. The van der Waals surface area contributed by atoms with Crippen LogP contribution in [0.1, 0.15) is 27.6 Å². The first-order valence-corrected chi connectivity index (χ1v) is 10.1. The maximum atomic E-state index is 12.4. The highest BCUT2D eigenvalue weighted by atomic mass is 35.5. The lowest BCUT2D eigenvalue weighted by molar-refractivity contribution is -0.122. The van der Waals surface area contributed by atoms with E-state index in [0.29, 0.717) is 33.3 Å². The average Bonchev–Trinajstić information content (AvgIpc) is 2.81. The molecule has 7 nitrogen and oxygen atoms in total. The van der Waals surface area contributed by atoms with Crippen LogP contribution < -0.4 is 15.4 Å². The molecule has 3 rings (SSSR count). The molecule has 3 aromatic carbocycles. The summed E-state index contributed by atoms with van der Waals surface area (Å²) in [6, 6.07) is 19.7. The van der Waals surface area contributed by atoms with Gasteiger partial charge in [0.05, 0.1) is 17.7 Å². The quantitative estimate of drug-likeness (QED) is 0.503. The molecule has 0 fully saturated rings. The van der Waals surface area contributed by atoms with Crippen LogP contribution in [0.2, 0.25) is 5.02 Å². The minimum Gasteiger partial charge on any atom is -0.479 e. The normalized spacial score (nSPS) is 11.2. The molecular weight excluding hydrogens is 432 g/mol. The van der Waals surface area contributed by atoms with Gasteiger partial charge in [-0.15, -0.1) is 0 Å². The van der Waals surface area contributed by atoms with Crippen LogP contribution in [0.4, 0.5) is 11.4 Å². The van der Waals surface area contributed by atoms with E-state index < -0.39 is 12.1 Å². The second kappa shape index (κ2) is 10.5. The molecule has 32 heavy (non-hydrogen) atoms. The average molecular weight is 453 g/mol. The number of nitrogens with one attached hydrogen (secondary N) is 2. The largest absolute Gasteiger partial charge is 0.479 e. The Morgan fingerprint density at radius 1 is 0.812 bits per heavy atom. The molecule has 0 saturated heterocycles. The van der Waals surface area contributed by atoms with E-state index in [1.807, 2.05) is 0 Å². The van der Waals surface area contributed by atoms with Gasteiger partial charge in [0, 0.05) is 16.9 Å². The molecular formula is C24H21ClN2O5. The third-order valence-corrected chi connectivity index (χ3v) is 4.80. The molecule has 0 aromatic heterocycles. The molecule has 2 amide bonds. The summed E-state index contributed by atoms with van der Waals surface area (Å²) >= 11 is 6.05. The number of carbonyl (C=O) groups excluding carboxylic acids is 3. The van der Waals surface area contributed by atoms with Crippen molar-refractivity contribution < 1.29 is 23.9 Å². The van der Waals surface area contributed by atoms with Crippen LogP contribution >= 0.6 is 11.6 Å². The van der Waals surface area contributed by atoms with Crippen molar-refractivity contribution in [2.45, 2.75) is 13.0 Å². The van der Waals surface area contributed by atoms with E-state index in [1.165, 1.54) is 31.4 Å². The van der Waals surface area contributed by atoms with Gasteiger partial charge in [0.2, 0.25) is 0 Å². The Labute approximate surface area is 190 Å². The van der Waals surface area contributed by atoms with Crippen molar-refractivity contribution in [2.24, 2.45) is 0 Å². The Hall–Kier alpha value is -3.84. The number of ether oxygens (including phenoxy) is 2. The van der Waals surface area contributed by atoms with Gasteiger partial charge in [-0.05, 0) is 67.6 Å². The standard InChI is InChI=1S/C24H21ClN2O5/c1-15(32-21-6-4-3-5-20(21)25)22(28)26-18-11-13-19(14-12-18)27-23(29)16-7-9-17(10-8-16)24(30)31-2/h3-15H,1-2H3,(H,26,28)(H,27,29). The van der Waals surface area contributed by atoms with Gasteiger partial charge in [0.25, 0.3) is 11.8 Å². The molecule has 8 heteroatoms. The summed E-state index contributed by atoms with van der Waals surface area (Å²) in [5.41, 5.74) is 1.84. The molecule has 0 saturated carbocycles. The van der Waals surface area contributed by atoms with Gasteiger partial charge in [0.1, 0.15) is 5.75 Å². The molecule has 0 heterocycles. The van der Waals surface area contributed by atoms with Crippen molar-refractivity contribution >= 4 is 40.8 Å². The number of amides is 2.